The van der Waals surface area contributed by atoms with Crippen LogP contribution in [0.4, 0.5) is 0 Å². The minimum Gasteiger partial charge on any atom is -0.468 e. The van der Waals surface area contributed by atoms with Crippen LogP contribution in [0.1, 0.15) is 17.3 Å². The van der Waals surface area contributed by atoms with Crippen molar-refractivity contribution in [3.05, 3.63) is 30.0 Å². The van der Waals surface area contributed by atoms with Crippen LogP contribution in [-0.4, -0.2) is 35.4 Å². The molecule has 0 N–H and O–H groups in total. The van der Waals surface area contributed by atoms with Crippen molar-refractivity contribution in [1.82, 2.24) is 9.78 Å². The molecule has 0 aliphatic carbocycles. The predicted octanol–water partition coefficient (Wildman–Crippen LogP) is 1.39. The lowest BCUT2D eigenvalue weighted by Gasteiger charge is -2.03. The van der Waals surface area contributed by atoms with Crippen molar-refractivity contribution in [1.29, 1.82) is 0 Å². The number of benzene rings is 1. The Morgan fingerprint density at radius 2 is 2.16 bits per heavy atom. The molecular weight excluding hydrogens is 248 g/mol. The number of nitrogens with zero attached hydrogens (tertiary/aromatic N) is 2. The first-order valence-electron chi connectivity index (χ1n) is 5.85. The Hall–Kier alpha value is -2.37. The molecule has 0 radical (unpaired) electrons. The number of fused-ring (bicyclic) bond motifs is 1. The molecule has 0 atom stereocenters. The van der Waals surface area contributed by atoms with Gasteiger partial charge in [-0.3, -0.25) is 9.48 Å². The highest BCUT2D eigenvalue weighted by Crippen LogP contribution is 2.16. The molecule has 0 spiro atoms. The summed E-state index contributed by atoms with van der Waals surface area (Å²) in [5, 5.41) is 4.87. The lowest BCUT2D eigenvalue weighted by molar-refractivity contribution is -0.141. The monoisotopic (exact) mass is 262 g/mol. The van der Waals surface area contributed by atoms with E-state index in [0.717, 1.165) is 10.9 Å². The summed E-state index contributed by atoms with van der Waals surface area (Å²) in [5.41, 5.74) is 1.23. The van der Waals surface area contributed by atoms with Gasteiger partial charge in [0.25, 0.3) is 0 Å². The van der Waals surface area contributed by atoms with E-state index in [9.17, 15) is 9.59 Å². The van der Waals surface area contributed by atoms with Crippen molar-refractivity contribution in [2.24, 2.45) is 0 Å². The summed E-state index contributed by atoms with van der Waals surface area (Å²) in [6.45, 7) is 2.13. The van der Waals surface area contributed by atoms with Crippen molar-refractivity contribution in [3.8, 4) is 0 Å². The fourth-order valence-corrected chi connectivity index (χ4v) is 1.74. The van der Waals surface area contributed by atoms with Crippen LogP contribution >= 0.6 is 0 Å². The van der Waals surface area contributed by atoms with E-state index in [-0.39, 0.29) is 18.5 Å². The average molecular weight is 262 g/mol. The van der Waals surface area contributed by atoms with Gasteiger partial charge >= 0.3 is 11.9 Å². The summed E-state index contributed by atoms with van der Waals surface area (Å²) < 4.78 is 11.0. The van der Waals surface area contributed by atoms with Crippen LogP contribution in [0.2, 0.25) is 0 Å². The molecule has 1 heterocycles. The SMILES string of the molecule is CCOC(=O)c1ccc2c(cnn2CC(=O)OC)c1. The molecule has 0 aliphatic rings. The zero-order valence-corrected chi connectivity index (χ0v) is 10.8. The third-order valence-corrected chi connectivity index (χ3v) is 2.66. The van der Waals surface area contributed by atoms with Crippen molar-refractivity contribution in [2.45, 2.75) is 13.5 Å². The lowest BCUT2D eigenvalue weighted by atomic mass is 10.1. The topological polar surface area (TPSA) is 70.4 Å². The predicted molar refractivity (Wildman–Crippen MR) is 67.7 cm³/mol. The van der Waals surface area contributed by atoms with E-state index in [1.54, 1.807) is 31.3 Å². The normalized spacial score (nSPS) is 10.4. The number of ether oxygens (including phenoxy) is 2. The first kappa shape index (κ1) is 13.1. The first-order valence-corrected chi connectivity index (χ1v) is 5.85. The molecule has 0 aliphatic heterocycles. The van der Waals surface area contributed by atoms with Crippen molar-refractivity contribution < 1.29 is 19.1 Å². The number of carbonyl (C=O) groups excluding carboxylic acids is 2. The number of carbonyl (C=O) groups is 2. The van der Waals surface area contributed by atoms with Gasteiger partial charge in [0.1, 0.15) is 6.54 Å². The highest BCUT2D eigenvalue weighted by Gasteiger charge is 2.11. The molecule has 1 aromatic carbocycles. The molecule has 2 aromatic rings. The lowest BCUT2D eigenvalue weighted by Crippen LogP contribution is -2.12. The molecule has 2 rings (SSSR count). The number of aromatic nitrogens is 2. The van der Waals surface area contributed by atoms with Gasteiger partial charge in [-0.05, 0) is 25.1 Å². The van der Waals surface area contributed by atoms with E-state index in [0.29, 0.717) is 12.2 Å². The van der Waals surface area contributed by atoms with Crippen molar-refractivity contribution >= 4 is 22.8 Å². The summed E-state index contributed by atoms with van der Waals surface area (Å²) >= 11 is 0. The number of rotatable bonds is 4. The molecule has 0 unspecified atom stereocenters. The minimum absolute atomic E-state index is 0.0404. The van der Waals surface area contributed by atoms with Gasteiger partial charge in [-0.15, -0.1) is 0 Å². The molecule has 0 fully saturated rings. The highest BCUT2D eigenvalue weighted by molar-refractivity contribution is 5.94. The summed E-state index contributed by atoms with van der Waals surface area (Å²) in [6, 6.07) is 5.07. The van der Waals surface area contributed by atoms with Crippen LogP contribution in [-0.2, 0) is 20.8 Å². The fourth-order valence-electron chi connectivity index (χ4n) is 1.74. The molecule has 6 heteroatoms. The molecule has 0 amide bonds. The molecule has 1 aromatic heterocycles. The van der Waals surface area contributed by atoms with Crippen LogP contribution in [0, 0.1) is 0 Å². The zero-order valence-electron chi connectivity index (χ0n) is 10.8. The van der Waals surface area contributed by atoms with Gasteiger partial charge in [-0.2, -0.15) is 5.10 Å². The smallest absolute Gasteiger partial charge is 0.338 e. The van der Waals surface area contributed by atoms with Gasteiger partial charge in [-0.1, -0.05) is 0 Å². The van der Waals surface area contributed by atoms with E-state index in [1.807, 2.05) is 0 Å². The maximum Gasteiger partial charge on any atom is 0.338 e. The largest absolute Gasteiger partial charge is 0.468 e. The van der Waals surface area contributed by atoms with E-state index in [4.69, 9.17) is 4.74 Å². The zero-order chi connectivity index (χ0) is 13.8. The fraction of sp³-hybridized carbons (Fsp3) is 0.308. The van der Waals surface area contributed by atoms with Gasteiger partial charge in [0.05, 0.1) is 31.0 Å². The molecule has 0 saturated carbocycles. The van der Waals surface area contributed by atoms with Gasteiger partial charge in [0.15, 0.2) is 0 Å². The van der Waals surface area contributed by atoms with Gasteiger partial charge in [0.2, 0.25) is 0 Å². The van der Waals surface area contributed by atoms with Crippen LogP contribution in [0.3, 0.4) is 0 Å². The third kappa shape index (κ3) is 2.73. The molecule has 6 nitrogen and oxygen atoms in total. The van der Waals surface area contributed by atoms with Gasteiger partial charge < -0.3 is 9.47 Å². The van der Waals surface area contributed by atoms with E-state index in [2.05, 4.69) is 9.84 Å². The van der Waals surface area contributed by atoms with Crippen LogP contribution in [0.15, 0.2) is 24.4 Å². The van der Waals surface area contributed by atoms with Crippen molar-refractivity contribution in [2.75, 3.05) is 13.7 Å². The second-order valence-corrected chi connectivity index (χ2v) is 3.87. The number of hydrogen-bond acceptors (Lipinski definition) is 5. The Labute approximate surface area is 109 Å². The van der Waals surface area contributed by atoms with E-state index in [1.165, 1.54) is 11.8 Å². The average Bonchev–Trinajstić information content (AvgIpc) is 2.81. The van der Waals surface area contributed by atoms with Crippen molar-refractivity contribution in [3.63, 3.8) is 0 Å². The number of methoxy groups -OCH3 is 1. The second kappa shape index (κ2) is 5.51. The van der Waals surface area contributed by atoms with Crippen LogP contribution < -0.4 is 0 Å². The first-order chi connectivity index (χ1) is 9.15. The standard InChI is InChI=1S/C13H14N2O4/c1-3-19-13(17)9-4-5-11-10(6-9)7-14-15(11)8-12(16)18-2/h4-7H,3,8H2,1-2H3. The Balaban J connectivity index is 2.31. The van der Waals surface area contributed by atoms with E-state index >= 15 is 0 Å². The molecule has 19 heavy (non-hydrogen) atoms. The molecule has 100 valence electrons. The number of hydrogen-bond donors (Lipinski definition) is 0. The molecule has 0 saturated heterocycles. The van der Waals surface area contributed by atoms with Gasteiger partial charge in [-0.25, -0.2) is 4.79 Å². The number of esters is 2. The second-order valence-electron chi connectivity index (χ2n) is 3.87. The van der Waals surface area contributed by atoms with Crippen LogP contribution in [0.25, 0.3) is 10.9 Å². The Morgan fingerprint density at radius 3 is 2.84 bits per heavy atom. The third-order valence-electron chi connectivity index (χ3n) is 2.66. The quantitative estimate of drug-likeness (QED) is 0.779. The van der Waals surface area contributed by atoms with Crippen LogP contribution in [0.5, 0.6) is 0 Å². The summed E-state index contributed by atoms with van der Waals surface area (Å²) in [4.78, 5) is 22.8. The maximum absolute atomic E-state index is 11.6. The highest BCUT2D eigenvalue weighted by atomic mass is 16.5. The van der Waals surface area contributed by atoms with Gasteiger partial charge in [0, 0.05) is 5.39 Å². The van der Waals surface area contributed by atoms with E-state index < -0.39 is 0 Å². The molecule has 0 bridgehead atoms. The summed E-state index contributed by atoms with van der Waals surface area (Å²) in [6.07, 6.45) is 1.60. The molecular formula is C13H14N2O4. The summed E-state index contributed by atoms with van der Waals surface area (Å²) in [5.74, 6) is -0.746. The minimum atomic E-state index is -0.375. The summed E-state index contributed by atoms with van der Waals surface area (Å²) in [7, 11) is 1.33. The Kier molecular flexibility index (Phi) is 3.79. The Morgan fingerprint density at radius 1 is 1.37 bits per heavy atom. The Bertz CT molecular complexity index is 618. The maximum atomic E-state index is 11.6.